The fourth-order valence-electron chi connectivity index (χ4n) is 0.750. The molecule has 0 fully saturated rings. The maximum Gasteiger partial charge on any atom is 0.311 e. The van der Waals surface area contributed by atoms with Crippen molar-refractivity contribution in [3.8, 4) is 0 Å². The summed E-state index contributed by atoms with van der Waals surface area (Å²) in [4.78, 5) is 11.0. The molecule has 0 bridgehead atoms. The molecule has 1 aromatic rings. The molecular formula is C6H7ClN2O4S. The first-order chi connectivity index (χ1) is 6.02. The quantitative estimate of drug-likeness (QED) is 0.616. The standard InChI is InChI=1S/C6H6N2O4S.ClH/c9-8(10)7-13(11,12)6-4-2-1-3-5-6;/h1-5,7H;1H. The first kappa shape index (κ1) is 12.7. The summed E-state index contributed by atoms with van der Waals surface area (Å²) < 4.78 is 22.2. The van der Waals surface area contributed by atoms with Gasteiger partial charge in [-0.15, -0.1) is 12.4 Å². The predicted octanol–water partition coefficient (Wildman–Crippen LogP) is 0.578. The highest BCUT2D eigenvalue weighted by Crippen LogP contribution is 2.06. The van der Waals surface area contributed by atoms with Gasteiger partial charge in [-0.1, -0.05) is 18.2 Å². The molecule has 0 amide bonds. The molecule has 1 aromatic carbocycles. The Hall–Kier alpha value is -1.34. The number of halogens is 1. The first-order valence-electron chi connectivity index (χ1n) is 3.24. The lowest BCUT2D eigenvalue weighted by atomic mass is 10.4. The van der Waals surface area contributed by atoms with Crippen LogP contribution in [-0.2, 0) is 10.0 Å². The smallest absolute Gasteiger partial charge is 0.234 e. The van der Waals surface area contributed by atoms with Gasteiger partial charge in [0.2, 0.25) is 0 Å². The largest absolute Gasteiger partial charge is 0.311 e. The molecule has 78 valence electrons. The Bertz CT molecular complexity index is 405. The second-order valence-electron chi connectivity index (χ2n) is 2.16. The van der Waals surface area contributed by atoms with E-state index in [4.69, 9.17) is 0 Å². The van der Waals surface area contributed by atoms with E-state index in [0.717, 1.165) is 0 Å². The third-order valence-electron chi connectivity index (χ3n) is 1.25. The van der Waals surface area contributed by atoms with Gasteiger partial charge < -0.3 is 0 Å². The molecule has 0 saturated heterocycles. The van der Waals surface area contributed by atoms with Crippen LogP contribution >= 0.6 is 12.4 Å². The molecule has 0 atom stereocenters. The molecule has 1 rings (SSSR count). The van der Waals surface area contributed by atoms with Crippen LogP contribution in [0.3, 0.4) is 0 Å². The van der Waals surface area contributed by atoms with E-state index in [0.29, 0.717) is 0 Å². The molecule has 6 nitrogen and oxygen atoms in total. The average molecular weight is 239 g/mol. The fraction of sp³-hybridized carbons (Fsp3) is 0. The molecule has 0 heterocycles. The Kier molecular flexibility index (Phi) is 4.32. The van der Waals surface area contributed by atoms with Crippen LogP contribution in [0.5, 0.6) is 0 Å². The minimum absolute atomic E-state index is 0. The monoisotopic (exact) mass is 238 g/mol. The van der Waals surface area contributed by atoms with Gasteiger partial charge in [-0.2, -0.15) is 8.42 Å². The third-order valence-corrected chi connectivity index (χ3v) is 2.53. The van der Waals surface area contributed by atoms with Crippen LogP contribution < -0.4 is 4.83 Å². The van der Waals surface area contributed by atoms with E-state index in [9.17, 15) is 18.5 Å². The summed E-state index contributed by atoms with van der Waals surface area (Å²) in [6.45, 7) is 0. The molecule has 0 aromatic heterocycles. The van der Waals surface area contributed by atoms with E-state index in [1.54, 1.807) is 6.07 Å². The Labute approximate surface area is 86.5 Å². The summed E-state index contributed by atoms with van der Waals surface area (Å²) in [5.41, 5.74) is 0. The van der Waals surface area contributed by atoms with Crippen molar-refractivity contribution in [1.29, 1.82) is 0 Å². The lowest BCUT2D eigenvalue weighted by molar-refractivity contribution is -0.518. The van der Waals surface area contributed by atoms with Crippen LogP contribution in [0, 0.1) is 10.1 Å². The van der Waals surface area contributed by atoms with Gasteiger partial charge in [0.1, 0.15) is 0 Å². The molecular weight excluding hydrogens is 232 g/mol. The van der Waals surface area contributed by atoms with Crippen molar-refractivity contribution in [3.63, 3.8) is 0 Å². The lowest BCUT2D eigenvalue weighted by Gasteiger charge is -1.98. The third kappa shape index (κ3) is 3.19. The molecule has 0 aliphatic rings. The van der Waals surface area contributed by atoms with Crippen LogP contribution in [0.4, 0.5) is 0 Å². The normalized spacial score (nSPS) is 10.0. The predicted molar refractivity (Wildman–Crippen MR) is 51.0 cm³/mol. The number of rotatable bonds is 3. The molecule has 0 unspecified atom stereocenters. The summed E-state index contributed by atoms with van der Waals surface area (Å²) in [6.07, 6.45) is 0. The van der Waals surface area contributed by atoms with Crippen LogP contribution in [0.1, 0.15) is 0 Å². The number of sulfonamides is 1. The van der Waals surface area contributed by atoms with Crippen molar-refractivity contribution < 1.29 is 13.5 Å². The van der Waals surface area contributed by atoms with Gasteiger partial charge in [-0.25, -0.2) is 10.1 Å². The summed E-state index contributed by atoms with van der Waals surface area (Å²) in [5, 5.41) is 8.79. The van der Waals surface area contributed by atoms with Gasteiger partial charge in [-0.3, -0.25) is 0 Å². The summed E-state index contributed by atoms with van der Waals surface area (Å²) >= 11 is 0. The van der Waals surface area contributed by atoms with Crippen molar-refractivity contribution in [1.82, 2.24) is 4.83 Å². The minimum atomic E-state index is -4.01. The molecule has 14 heavy (non-hydrogen) atoms. The second kappa shape index (κ2) is 4.77. The van der Waals surface area contributed by atoms with E-state index in [-0.39, 0.29) is 17.3 Å². The first-order valence-corrected chi connectivity index (χ1v) is 4.72. The van der Waals surface area contributed by atoms with Crippen LogP contribution in [-0.4, -0.2) is 13.5 Å². The summed E-state index contributed by atoms with van der Waals surface area (Å²) in [5.74, 6) is 0. The Morgan fingerprint density at radius 1 is 1.21 bits per heavy atom. The van der Waals surface area contributed by atoms with Gasteiger partial charge in [0.05, 0.1) is 4.90 Å². The molecule has 0 radical (unpaired) electrons. The number of hydrogen-bond donors (Lipinski definition) is 1. The zero-order valence-corrected chi connectivity index (χ0v) is 8.42. The van der Waals surface area contributed by atoms with Gasteiger partial charge in [0.15, 0.2) is 5.03 Å². The fourth-order valence-corrected chi connectivity index (χ4v) is 1.57. The highest BCUT2D eigenvalue weighted by atomic mass is 35.5. The van der Waals surface area contributed by atoms with Crippen molar-refractivity contribution in [2.24, 2.45) is 0 Å². The maximum atomic E-state index is 11.1. The Morgan fingerprint density at radius 3 is 2.14 bits per heavy atom. The number of hydrogen-bond acceptors (Lipinski definition) is 4. The highest BCUT2D eigenvalue weighted by molar-refractivity contribution is 7.89. The molecule has 0 spiro atoms. The van der Waals surface area contributed by atoms with Crippen molar-refractivity contribution >= 4 is 22.4 Å². The number of benzene rings is 1. The lowest BCUT2D eigenvalue weighted by Crippen LogP contribution is -2.29. The van der Waals surface area contributed by atoms with Crippen LogP contribution in [0.15, 0.2) is 35.2 Å². The number of hydrazine groups is 1. The van der Waals surface area contributed by atoms with Crippen molar-refractivity contribution in [2.75, 3.05) is 0 Å². The summed E-state index contributed by atoms with van der Waals surface area (Å²) in [6, 6.07) is 7.12. The maximum absolute atomic E-state index is 11.1. The topological polar surface area (TPSA) is 89.3 Å². The van der Waals surface area contributed by atoms with E-state index in [1.807, 2.05) is 0 Å². The minimum Gasteiger partial charge on any atom is -0.234 e. The molecule has 0 saturated carbocycles. The molecule has 8 heteroatoms. The van der Waals surface area contributed by atoms with E-state index in [2.05, 4.69) is 0 Å². The van der Waals surface area contributed by atoms with Crippen LogP contribution in [0.25, 0.3) is 0 Å². The zero-order chi connectivity index (χ0) is 9.90. The number of nitro groups is 1. The number of nitrogens with one attached hydrogen (secondary N) is 1. The molecule has 1 N–H and O–H groups in total. The van der Waals surface area contributed by atoms with Gasteiger partial charge >= 0.3 is 10.0 Å². The average Bonchev–Trinajstić information content (AvgIpc) is 2.04. The second-order valence-corrected chi connectivity index (χ2v) is 3.83. The van der Waals surface area contributed by atoms with Crippen molar-refractivity contribution in [3.05, 3.63) is 40.4 Å². The van der Waals surface area contributed by atoms with Gasteiger partial charge in [-0.05, 0) is 17.0 Å². The van der Waals surface area contributed by atoms with Crippen molar-refractivity contribution in [2.45, 2.75) is 4.90 Å². The molecule has 0 aliphatic heterocycles. The Morgan fingerprint density at radius 2 is 1.71 bits per heavy atom. The number of nitrogens with zero attached hydrogens (tertiary/aromatic N) is 1. The zero-order valence-electron chi connectivity index (χ0n) is 6.78. The van der Waals surface area contributed by atoms with E-state index in [1.165, 1.54) is 29.1 Å². The van der Waals surface area contributed by atoms with E-state index < -0.39 is 15.1 Å². The SMILES string of the molecule is Cl.O=[N+]([O-])NS(=O)(=O)c1ccccc1. The summed E-state index contributed by atoms with van der Waals surface area (Å²) in [7, 11) is -4.01. The highest BCUT2D eigenvalue weighted by Gasteiger charge is 2.17. The molecule has 0 aliphatic carbocycles. The van der Waals surface area contributed by atoms with Crippen LogP contribution in [0.2, 0.25) is 0 Å². The van der Waals surface area contributed by atoms with E-state index >= 15 is 0 Å². The van der Waals surface area contributed by atoms with Gasteiger partial charge in [0.25, 0.3) is 0 Å². The van der Waals surface area contributed by atoms with Gasteiger partial charge in [0, 0.05) is 0 Å². The Balaban J connectivity index is 0.00000169.